The summed E-state index contributed by atoms with van der Waals surface area (Å²) in [6.07, 6.45) is 14.2. The van der Waals surface area contributed by atoms with Crippen LogP contribution in [0.5, 0.6) is 0 Å². The minimum absolute atomic E-state index is 0.186. The Morgan fingerprint density at radius 2 is 2.00 bits per heavy atom. The van der Waals surface area contributed by atoms with Crippen molar-refractivity contribution in [3.63, 3.8) is 0 Å². The molecular weight excluding hydrogens is 372 g/mol. The first kappa shape index (κ1) is 19.2. The highest BCUT2D eigenvalue weighted by atomic mass is 15.3. The molecule has 6 heteroatoms. The van der Waals surface area contributed by atoms with Gasteiger partial charge in [0.25, 0.3) is 0 Å². The average Bonchev–Trinajstić information content (AvgIpc) is 3.17. The van der Waals surface area contributed by atoms with Gasteiger partial charge >= 0.3 is 0 Å². The second-order valence-corrected chi connectivity index (χ2v) is 9.51. The SMILES string of the molecule is CCCn1cc(C2=CC(C)(C)CC=C2)nc1C1CC1c1nc2c(C)ncc(C)n2n1. The molecule has 156 valence electrons. The van der Waals surface area contributed by atoms with Crippen molar-refractivity contribution in [3.8, 4) is 0 Å². The number of aromatic nitrogens is 6. The summed E-state index contributed by atoms with van der Waals surface area (Å²) in [5.74, 6) is 2.82. The maximum Gasteiger partial charge on any atom is 0.177 e. The third-order valence-electron chi connectivity index (χ3n) is 6.24. The number of imidazole rings is 1. The third kappa shape index (κ3) is 3.28. The fourth-order valence-electron chi connectivity index (χ4n) is 4.50. The van der Waals surface area contributed by atoms with Crippen LogP contribution >= 0.6 is 0 Å². The first-order valence-electron chi connectivity index (χ1n) is 11.0. The molecule has 0 saturated heterocycles. The Kier molecular flexibility index (Phi) is 4.42. The Labute approximate surface area is 177 Å². The van der Waals surface area contributed by atoms with E-state index in [0.717, 1.165) is 54.4 Å². The van der Waals surface area contributed by atoms with E-state index in [2.05, 4.69) is 54.7 Å². The second kappa shape index (κ2) is 6.89. The molecule has 0 radical (unpaired) electrons. The zero-order chi connectivity index (χ0) is 21.0. The molecule has 30 heavy (non-hydrogen) atoms. The highest BCUT2D eigenvalue weighted by Crippen LogP contribution is 2.53. The Morgan fingerprint density at radius 1 is 1.17 bits per heavy atom. The molecule has 0 spiro atoms. The molecule has 3 heterocycles. The number of hydrogen-bond donors (Lipinski definition) is 0. The summed E-state index contributed by atoms with van der Waals surface area (Å²) in [6.45, 7) is 11.8. The Morgan fingerprint density at radius 3 is 2.73 bits per heavy atom. The minimum Gasteiger partial charge on any atom is -0.334 e. The van der Waals surface area contributed by atoms with Gasteiger partial charge in [0.15, 0.2) is 11.5 Å². The van der Waals surface area contributed by atoms with Crippen molar-refractivity contribution in [2.45, 2.75) is 72.3 Å². The summed E-state index contributed by atoms with van der Waals surface area (Å²) in [6, 6.07) is 0. The van der Waals surface area contributed by atoms with E-state index >= 15 is 0 Å². The van der Waals surface area contributed by atoms with Crippen LogP contribution in [0.15, 0.2) is 30.6 Å². The lowest BCUT2D eigenvalue weighted by Crippen LogP contribution is -2.09. The van der Waals surface area contributed by atoms with E-state index in [9.17, 15) is 0 Å². The maximum atomic E-state index is 5.11. The molecule has 3 aromatic heterocycles. The van der Waals surface area contributed by atoms with Crippen molar-refractivity contribution in [1.82, 2.24) is 29.1 Å². The van der Waals surface area contributed by atoms with Crippen molar-refractivity contribution in [2.75, 3.05) is 0 Å². The van der Waals surface area contributed by atoms with Crippen LogP contribution in [0, 0.1) is 19.3 Å². The summed E-state index contributed by atoms with van der Waals surface area (Å²) in [4.78, 5) is 14.4. The van der Waals surface area contributed by atoms with Crippen LogP contribution in [0.3, 0.4) is 0 Å². The fourth-order valence-corrected chi connectivity index (χ4v) is 4.50. The van der Waals surface area contributed by atoms with Crippen LogP contribution in [-0.4, -0.2) is 29.1 Å². The summed E-state index contributed by atoms with van der Waals surface area (Å²) < 4.78 is 4.28. The van der Waals surface area contributed by atoms with E-state index in [1.807, 2.05) is 24.6 Å². The number of fused-ring (bicyclic) bond motifs is 1. The molecule has 0 N–H and O–H groups in total. The standard InChI is InChI=1S/C24H30N6/c1-6-10-29-14-20(17-8-7-9-24(4,5)12-17)26-23(29)19-11-18(19)21-27-22-16(3)25-13-15(2)30(22)28-21/h7-8,12-14,18-19H,6,9-11H2,1-5H3. The van der Waals surface area contributed by atoms with Gasteiger partial charge < -0.3 is 4.57 Å². The van der Waals surface area contributed by atoms with Gasteiger partial charge in [-0.1, -0.05) is 39.0 Å². The lowest BCUT2D eigenvalue weighted by Gasteiger charge is -2.22. The highest BCUT2D eigenvalue weighted by Gasteiger charge is 2.45. The molecule has 2 unspecified atom stereocenters. The van der Waals surface area contributed by atoms with Crippen LogP contribution in [-0.2, 0) is 6.54 Å². The van der Waals surface area contributed by atoms with E-state index in [4.69, 9.17) is 15.1 Å². The molecule has 0 amide bonds. The van der Waals surface area contributed by atoms with Gasteiger partial charge in [0.05, 0.1) is 17.1 Å². The summed E-state index contributed by atoms with van der Waals surface area (Å²) in [5.41, 5.74) is 5.32. The van der Waals surface area contributed by atoms with E-state index in [1.54, 1.807) is 0 Å². The molecule has 1 fully saturated rings. The third-order valence-corrected chi connectivity index (χ3v) is 6.24. The average molecular weight is 403 g/mol. The molecule has 2 aliphatic carbocycles. The smallest absolute Gasteiger partial charge is 0.177 e. The van der Waals surface area contributed by atoms with Crippen LogP contribution < -0.4 is 0 Å². The molecule has 0 aromatic carbocycles. The van der Waals surface area contributed by atoms with E-state index in [1.165, 1.54) is 11.4 Å². The van der Waals surface area contributed by atoms with Gasteiger partial charge in [-0.15, -0.1) is 0 Å². The van der Waals surface area contributed by atoms with Crippen LogP contribution in [0.2, 0.25) is 0 Å². The first-order chi connectivity index (χ1) is 14.4. The summed E-state index contributed by atoms with van der Waals surface area (Å²) >= 11 is 0. The lowest BCUT2D eigenvalue weighted by atomic mass is 9.83. The predicted octanol–water partition coefficient (Wildman–Crippen LogP) is 4.99. The van der Waals surface area contributed by atoms with Crippen molar-refractivity contribution in [3.05, 3.63) is 59.4 Å². The Hall–Kier alpha value is -2.76. The molecule has 2 aliphatic rings. The Bertz CT molecular complexity index is 1140. The molecule has 0 bridgehead atoms. The van der Waals surface area contributed by atoms with Gasteiger partial charge in [-0.3, -0.25) is 4.98 Å². The van der Waals surface area contributed by atoms with E-state index in [-0.39, 0.29) is 5.41 Å². The molecule has 6 nitrogen and oxygen atoms in total. The van der Waals surface area contributed by atoms with Gasteiger partial charge in [0, 0.05) is 30.8 Å². The van der Waals surface area contributed by atoms with Crippen LogP contribution in [0.25, 0.3) is 11.2 Å². The van der Waals surface area contributed by atoms with Crippen molar-refractivity contribution < 1.29 is 0 Å². The van der Waals surface area contributed by atoms with E-state index in [0.29, 0.717) is 11.8 Å². The molecule has 3 aromatic rings. The zero-order valence-corrected chi connectivity index (χ0v) is 18.6. The second-order valence-electron chi connectivity index (χ2n) is 9.51. The topological polar surface area (TPSA) is 60.9 Å². The minimum atomic E-state index is 0.186. The van der Waals surface area contributed by atoms with Crippen LogP contribution in [0.1, 0.15) is 80.6 Å². The number of nitrogens with zero attached hydrogens (tertiary/aromatic N) is 6. The molecule has 0 aliphatic heterocycles. The van der Waals surface area contributed by atoms with Crippen molar-refractivity contribution >= 4 is 11.2 Å². The van der Waals surface area contributed by atoms with Gasteiger partial charge in [-0.25, -0.2) is 14.5 Å². The van der Waals surface area contributed by atoms with Gasteiger partial charge in [-0.2, -0.15) is 5.10 Å². The summed E-state index contributed by atoms with van der Waals surface area (Å²) in [5, 5.41) is 4.81. The van der Waals surface area contributed by atoms with Crippen LogP contribution in [0.4, 0.5) is 0 Å². The molecule has 1 saturated carbocycles. The maximum absolute atomic E-state index is 5.11. The quantitative estimate of drug-likeness (QED) is 0.603. The van der Waals surface area contributed by atoms with Crippen molar-refractivity contribution in [2.24, 2.45) is 5.41 Å². The largest absolute Gasteiger partial charge is 0.334 e. The fraction of sp³-hybridized carbons (Fsp3) is 0.500. The van der Waals surface area contributed by atoms with Gasteiger partial charge in [0.1, 0.15) is 5.82 Å². The number of rotatable bonds is 5. The van der Waals surface area contributed by atoms with Crippen molar-refractivity contribution in [1.29, 1.82) is 0 Å². The predicted molar refractivity (Wildman–Crippen MR) is 118 cm³/mol. The zero-order valence-electron chi connectivity index (χ0n) is 18.6. The summed E-state index contributed by atoms with van der Waals surface area (Å²) in [7, 11) is 0. The molecule has 2 atom stereocenters. The number of hydrogen-bond acceptors (Lipinski definition) is 4. The van der Waals surface area contributed by atoms with E-state index < -0.39 is 0 Å². The van der Waals surface area contributed by atoms with Gasteiger partial charge in [0.2, 0.25) is 0 Å². The molecule has 5 rings (SSSR count). The normalized spacial score (nSPS) is 22.5. The number of allylic oxidation sites excluding steroid dienone is 4. The number of aryl methyl sites for hydroxylation is 3. The highest BCUT2D eigenvalue weighted by molar-refractivity contribution is 5.73. The Balaban J connectivity index is 1.47. The lowest BCUT2D eigenvalue weighted by molar-refractivity contribution is 0.486. The molecular formula is C24H30N6. The monoisotopic (exact) mass is 402 g/mol. The van der Waals surface area contributed by atoms with Gasteiger partial charge in [-0.05, 0) is 44.1 Å². The first-order valence-corrected chi connectivity index (χ1v) is 11.0.